The van der Waals surface area contributed by atoms with Gasteiger partial charge in [-0.3, -0.25) is 0 Å². The van der Waals surface area contributed by atoms with Gasteiger partial charge in [0.15, 0.2) is 5.76 Å². The van der Waals surface area contributed by atoms with Crippen molar-refractivity contribution in [3.05, 3.63) is 59.6 Å². The van der Waals surface area contributed by atoms with E-state index >= 15 is 0 Å². The van der Waals surface area contributed by atoms with E-state index < -0.39 is 0 Å². The second kappa shape index (κ2) is 3.69. The summed E-state index contributed by atoms with van der Waals surface area (Å²) in [5, 5.41) is 1.64. The van der Waals surface area contributed by atoms with Gasteiger partial charge in [-0.25, -0.2) is 0 Å². The highest BCUT2D eigenvalue weighted by Crippen LogP contribution is 2.36. The second-order valence-corrected chi connectivity index (χ2v) is 3.99. The minimum Gasteiger partial charge on any atom is -0.454 e. The number of fused-ring (bicyclic) bond motifs is 1. The maximum atomic E-state index is 6.30. The third-order valence-electron chi connectivity index (χ3n) is 2.57. The van der Waals surface area contributed by atoms with Crippen LogP contribution in [0, 0.1) is 0 Å². The molecule has 0 aliphatic rings. The molecule has 0 N–H and O–H groups in total. The Bertz CT molecular complexity index is 626. The van der Waals surface area contributed by atoms with Crippen molar-refractivity contribution in [2.24, 2.45) is 0 Å². The fourth-order valence-electron chi connectivity index (χ4n) is 1.79. The Kier molecular flexibility index (Phi) is 2.19. The summed E-state index contributed by atoms with van der Waals surface area (Å²) in [6.45, 7) is 0. The Labute approximate surface area is 98.3 Å². The van der Waals surface area contributed by atoms with Crippen LogP contribution in [0.15, 0.2) is 59.0 Å². The lowest BCUT2D eigenvalue weighted by atomic mass is 10.1. The lowest BCUT2D eigenvalue weighted by molar-refractivity contribution is 0.631. The molecule has 0 unspecified atom stereocenters. The third kappa shape index (κ3) is 1.41. The Morgan fingerprint density at radius 2 is 1.50 bits per heavy atom. The van der Waals surface area contributed by atoms with Gasteiger partial charge in [0.2, 0.25) is 0 Å². The number of furan rings is 1. The van der Waals surface area contributed by atoms with Gasteiger partial charge in [-0.15, -0.1) is 0 Å². The molecule has 1 nitrogen and oxygen atoms in total. The molecule has 0 saturated heterocycles. The number of halogens is 1. The maximum Gasteiger partial charge on any atom is 0.154 e. The van der Waals surface area contributed by atoms with Crippen LogP contribution < -0.4 is 0 Å². The molecule has 2 heteroatoms. The van der Waals surface area contributed by atoms with Crippen molar-refractivity contribution >= 4 is 22.6 Å². The minimum atomic E-state index is 0.682. The molecule has 0 spiro atoms. The summed E-state index contributed by atoms with van der Waals surface area (Å²) in [4.78, 5) is 0. The van der Waals surface area contributed by atoms with Crippen molar-refractivity contribution in [3.63, 3.8) is 0 Å². The Balaban J connectivity index is 2.29. The van der Waals surface area contributed by atoms with E-state index in [2.05, 4.69) is 0 Å². The SMILES string of the molecule is Clc1c(-c2ccccc2)oc2ccccc12. The largest absolute Gasteiger partial charge is 0.454 e. The molecule has 1 aromatic heterocycles. The summed E-state index contributed by atoms with van der Waals surface area (Å²) < 4.78 is 5.75. The van der Waals surface area contributed by atoms with Crippen LogP contribution in [-0.4, -0.2) is 0 Å². The highest BCUT2D eigenvalue weighted by molar-refractivity contribution is 6.37. The van der Waals surface area contributed by atoms with E-state index in [-0.39, 0.29) is 0 Å². The molecule has 16 heavy (non-hydrogen) atoms. The zero-order chi connectivity index (χ0) is 11.0. The summed E-state index contributed by atoms with van der Waals surface area (Å²) in [5.41, 5.74) is 1.83. The minimum absolute atomic E-state index is 0.682. The predicted octanol–water partition coefficient (Wildman–Crippen LogP) is 4.75. The lowest BCUT2D eigenvalue weighted by Crippen LogP contribution is -1.72. The average Bonchev–Trinajstić information content (AvgIpc) is 2.69. The molecule has 0 aliphatic heterocycles. The van der Waals surface area contributed by atoms with Gasteiger partial charge in [0.05, 0.1) is 5.02 Å². The van der Waals surface area contributed by atoms with Crippen LogP contribution in [0.2, 0.25) is 5.02 Å². The molecule has 78 valence electrons. The summed E-state index contributed by atoms with van der Waals surface area (Å²) in [5.74, 6) is 0.739. The Morgan fingerprint density at radius 3 is 2.25 bits per heavy atom. The van der Waals surface area contributed by atoms with Crippen LogP contribution in [0.4, 0.5) is 0 Å². The first kappa shape index (κ1) is 9.49. The van der Waals surface area contributed by atoms with Gasteiger partial charge >= 0.3 is 0 Å². The van der Waals surface area contributed by atoms with E-state index in [9.17, 15) is 0 Å². The van der Waals surface area contributed by atoms with Gasteiger partial charge in [0.25, 0.3) is 0 Å². The molecule has 0 saturated carbocycles. The highest BCUT2D eigenvalue weighted by atomic mass is 35.5. The van der Waals surface area contributed by atoms with Crippen LogP contribution in [0.1, 0.15) is 0 Å². The van der Waals surface area contributed by atoms with Crippen LogP contribution in [-0.2, 0) is 0 Å². The Morgan fingerprint density at radius 1 is 0.812 bits per heavy atom. The van der Waals surface area contributed by atoms with Gasteiger partial charge in [-0.2, -0.15) is 0 Å². The van der Waals surface area contributed by atoms with E-state index in [1.165, 1.54) is 0 Å². The van der Waals surface area contributed by atoms with E-state index in [4.69, 9.17) is 16.0 Å². The van der Waals surface area contributed by atoms with Crippen molar-refractivity contribution in [2.45, 2.75) is 0 Å². The number of rotatable bonds is 1. The molecule has 3 rings (SSSR count). The van der Waals surface area contributed by atoms with Gasteiger partial charge in [-0.1, -0.05) is 54.1 Å². The van der Waals surface area contributed by atoms with E-state index in [0.717, 1.165) is 22.3 Å². The second-order valence-electron chi connectivity index (χ2n) is 3.61. The molecule has 0 amide bonds. The van der Waals surface area contributed by atoms with Crippen molar-refractivity contribution in [1.29, 1.82) is 0 Å². The van der Waals surface area contributed by atoms with E-state index in [0.29, 0.717) is 5.02 Å². The predicted molar refractivity (Wildman–Crippen MR) is 66.7 cm³/mol. The zero-order valence-electron chi connectivity index (χ0n) is 8.48. The molecule has 0 aliphatic carbocycles. The quantitative estimate of drug-likeness (QED) is 0.586. The van der Waals surface area contributed by atoms with Crippen molar-refractivity contribution in [1.82, 2.24) is 0 Å². The smallest absolute Gasteiger partial charge is 0.154 e. The highest BCUT2D eigenvalue weighted by Gasteiger charge is 2.12. The molecule has 3 aromatic rings. The molecule has 0 atom stereocenters. The number of hydrogen-bond donors (Lipinski definition) is 0. The van der Waals surface area contributed by atoms with Crippen LogP contribution in [0.25, 0.3) is 22.3 Å². The monoisotopic (exact) mass is 228 g/mol. The first-order valence-corrected chi connectivity index (χ1v) is 5.46. The average molecular weight is 229 g/mol. The maximum absolute atomic E-state index is 6.30. The fraction of sp³-hybridized carbons (Fsp3) is 0. The lowest BCUT2D eigenvalue weighted by Gasteiger charge is -1.95. The summed E-state index contributed by atoms with van der Waals surface area (Å²) in [7, 11) is 0. The van der Waals surface area contributed by atoms with Gasteiger partial charge in [0.1, 0.15) is 5.58 Å². The van der Waals surface area contributed by atoms with Gasteiger partial charge in [0, 0.05) is 10.9 Å². The third-order valence-corrected chi connectivity index (χ3v) is 2.95. The molecule has 0 bridgehead atoms. The molecule has 2 aromatic carbocycles. The summed E-state index contributed by atoms with van der Waals surface area (Å²) in [6.07, 6.45) is 0. The molecule has 1 heterocycles. The summed E-state index contributed by atoms with van der Waals surface area (Å²) in [6, 6.07) is 17.7. The van der Waals surface area contributed by atoms with Gasteiger partial charge in [-0.05, 0) is 12.1 Å². The number of para-hydroxylation sites is 1. The van der Waals surface area contributed by atoms with Crippen molar-refractivity contribution in [3.8, 4) is 11.3 Å². The zero-order valence-corrected chi connectivity index (χ0v) is 9.24. The van der Waals surface area contributed by atoms with Crippen LogP contribution >= 0.6 is 11.6 Å². The van der Waals surface area contributed by atoms with Crippen LogP contribution in [0.5, 0.6) is 0 Å². The standard InChI is InChI=1S/C14H9ClO/c15-13-11-8-4-5-9-12(11)16-14(13)10-6-2-1-3-7-10/h1-9H. The first-order chi connectivity index (χ1) is 7.86. The topological polar surface area (TPSA) is 13.1 Å². The van der Waals surface area contributed by atoms with Crippen molar-refractivity contribution < 1.29 is 4.42 Å². The first-order valence-electron chi connectivity index (χ1n) is 5.09. The normalized spacial score (nSPS) is 10.8. The molecule has 0 radical (unpaired) electrons. The molecular weight excluding hydrogens is 220 g/mol. The Hall–Kier alpha value is -1.73. The summed E-state index contributed by atoms with van der Waals surface area (Å²) >= 11 is 6.30. The molecular formula is C14H9ClO. The number of hydrogen-bond acceptors (Lipinski definition) is 1. The van der Waals surface area contributed by atoms with Crippen LogP contribution in [0.3, 0.4) is 0 Å². The van der Waals surface area contributed by atoms with E-state index in [1.807, 2.05) is 54.6 Å². The van der Waals surface area contributed by atoms with E-state index in [1.54, 1.807) is 0 Å². The number of benzene rings is 2. The van der Waals surface area contributed by atoms with Gasteiger partial charge < -0.3 is 4.42 Å². The van der Waals surface area contributed by atoms with Crippen molar-refractivity contribution in [2.75, 3.05) is 0 Å². The fourth-order valence-corrected chi connectivity index (χ4v) is 2.09. The molecule has 0 fully saturated rings.